The van der Waals surface area contributed by atoms with Gasteiger partial charge in [0.15, 0.2) is 0 Å². The number of nitro groups is 1. The normalized spacial score (nSPS) is 24.4. The monoisotopic (exact) mass is 326 g/mol. The first-order chi connectivity index (χ1) is 8.99. The minimum Gasteiger partial charge on any atom is -0.299 e. The maximum absolute atomic E-state index is 10.9. The van der Waals surface area contributed by atoms with Crippen LogP contribution in [0.5, 0.6) is 0 Å². The molecule has 2 rings (SSSR count). The van der Waals surface area contributed by atoms with Gasteiger partial charge in [-0.1, -0.05) is 26.0 Å². The van der Waals surface area contributed by atoms with Crippen LogP contribution in [-0.2, 0) is 6.54 Å². The summed E-state index contributed by atoms with van der Waals surface area (Å²) in [7, 11) is 0. The average Bonchev–Trinajstić information content (AvgIpc) is 2.36. The van der Waals surface area contributed by atoms with Crippen LogP contribution in [0.1, 0.15) is 25.8 Å². The first kappa shape index (κ1) is 14.5. The van der Waals surface area contributed by atoms with Gasteiger partial charge >= 0.3 is 0 Å². The number of hydrogen-bond acceptors (Lipinski definition) is 3. The lowest BCUT2D eigenvalue weighted by atomic mass is 9.88. The van der Waals surface area contributed by atoms with Gasteiger partial charge in [0.05, 0.1) is 9.40 Å². The Morgan fingerprint density at radius 2 is 2.16 bits per heavy atom. The molecule has 1 aromatic rings. The Labute approximate surface area is 122 Å². The molecule has 0 aliphatic carbocycles. The highest BCUT2D eigenvalue weighted by Crippen LogP contribution is 2.30. The predicted molar refractivity (Wildman–Crippen MR) is 79.0 cm³/mol. The minimum absolute atomic E-state index is 0.149. The summed E-state index contributed by atoms with van der Waals surface area (Å²) in [6, 6.07) is 5.25. The van der Waals surface area contributed by atoms with Gasteiger partial charge < -0.3 is 0 Å². The van der Waals surface area contributed by atoms with Crippen molar-refractivity contribution in [2.24, 2.45) is 11.8 Å². The fraction of sp³-hybridized carbons (Fsp3) is 0.571. The number of rotatable bonds is 3. The number of hydrogen-bond donors (Lipinski definition) is 0. The molecule has 1 saturated heterocycles. The highest BCUT2D eigenvalue weighted by molar-refractivity contribution is 9.10. The van der Waals surface area contributed by atoms with Crippen LogP contribution in [0.15, 0.2) is 22.7 Å². The second-order valence-corrected chi connectivity index (χ2v) is 6.28. The van der Waals surface area contributed by atoms with E-state index >= 15 is 0 Å². The lowest BCUT2D eigenvalue weighted by Crippen LogP contribution is -2.37. The molecule has 19 heavy (non-hydrogen) atoms. The Hall–Kier alpha value is -0.940. The summed E-state index contributed by atoms with van der Waals surface area (Å²) < 4.78 is 0.617. The van der Waals surface area contributed by atoms with Gasteiger partial charge in [0.1, 0.15) is 0 Å². The summed E-state index contributed by atoms with van der Waals surface area (Å²) in [5.41, 5.74) is 1.15. The Bertz CT molecular complexity index is 479. The van der Waals surface area contributed by atoms with Crippen LogP contribution in [0, 0.1) is 22.0 Å². The van der Waals surface area contributed by atoms with Crippen molar-refractivity contribution in [2.75, 3.05) is 13.1 Å². The maximum Gasteiger partial charge on any atom is 0.283 e. The predicted octanol–water partition coefficient (Wildman–Crippen LogP) is 3.84. The molecule has 1 aromatic carbocycles. The zero-order valence-electron chi connectivity index (χ0n) is 11.3. The van der Waals surface area contributed by atoms with Gasteiger partial charge in [-0.25, -0.2) is 0 Å². The Balaban J connectivity index is 2.11. The number of likely N-dealkylation sites (tertiary alicyclic amines) is 1. The number of nitro benzene ring substituents is 1. The molecule has 0 amide bonds. The zero-order valence-corrected chi connectivity index (χ0v) is 12.9. The first-order valence-corrected chi connectivity index (χ1v) is 7.42. The van der Waals surface area contributed by atoms with Crippen molar-refractivity contribution in [1.82, 2.24) is 4.90 Å². The average molecular weight is 327 g/mol. The summed E-state index contributed by atoms with van der Waals surface area (Å²) in [5.74, 6) is 1.45. The highest BCUT2D eigenvalue weighted by atomic mass is 79.9. The van der Waals surface area contributed by atoms with E-state index in [2.05, 4.69) is 34.7 Å². The van der Waals surface area contributed by atoms with Crippen molar-refractivity contribution < 1.29 is 4.92 Å². The fourth-order valence-electron chi connectivity index (χ4n) is 2.56. The maximum atomic E-state index is 10.9. The molecular formula is C14H19BrN2O2. The third-order valence-corrected chi connectivity index (χ3v) is 4.98. The molecule has 104 valence electrons. The van der Waals surface area contributed by atoms with Crippen LogP contribution in [0.3, 0.4) is 0 Å². The van der Waals surface area contributed by atoms with Gasteiger partial charge in [0.25, 0.3) is 5.69 Å². The van der Waals surface area contributed by atoms with Gasteiger partial charge in [-0.05, 0) is 46.3 Å². The van der Waals surface area contributed by atoms with Crippen molar-refractivity contribution in [2.45, 2.75) is 26.8 Å². The molecule has 1 aliphatic rings. The summed E-state index contributed by atoms with van der Waals surface area (Å²) in [6.45, 7) is 7.49. The summed E-state index contributed by atoms with van der Waals surface area (Å²) in [4.78, 5) is 13.0. The Morgan fingerprint density at radius 3 is 2.79 bits per heavy atom. The standard InChI is InChI=1S/C14H19BrN2O2/c1-10-6-7-16(8-11(10)2)9-12-4-3-5-13(14(12)15)17(18)19/h3-5,10-11H,6-9H2,1-2H3. The molecule has 1 fully saturated rings. The lowest BCUT2D eigenvalue weighted by molar-refractivity contribution is -0.385. The van der Waals surface area contributed by atoms with Gasteiger partial charge in [0.2, 0.25) is 0 Å². The van der Waals surface area contributed by atoms with E-state index in [1.807, 2.05) is 6.07 Å². The fourth-order valence-corrected chi connectivity index (χ4v) is 3.10. The molecule has 2 unspecified atom stereocenters. The van der Waals surface area contributed by atoms with Gasteiger partial charge in [0, 0.05) is 19.2 Å². The van der Waals surface area contributed by atoms with E-state index in [0.717, 1.165) is 31.1 Å². The van der Waals surface area contributed by atoms with Crippen molar-refractivity contribution in [3.05, 3.63) is 38.3 Å². The van der Waals surface area contributed by atoms with Gasteiger partial charge in [-0.15, -0.1) is 0 Å². The van der Waals surface area contributed by atoms with E-state index in [1.54, 1.807) is 6.07 Å². The zero-order chi connectivity index (χ0) is 14.0. The topological polar surface area (TPSA) is 46.4 Å². The molecule has 1 heterocycles. The largest absolute Gasteiger partial charge is 0.299 e. The van der Waals surface area contributed by atoms with E-state index in [0.29, 0.717) is 10.4 Å². The molecule has 0 saturated carbocycles. The number of halogens is 1. The van der Waals surface area contributed by atoms with Crippen LogP contribution in [0.2, 0.25) is 0 Å². The van der Waals surface area contributed by atoms with Crippen molar-refractivity contribution >= 4 is 21.6 Å². The molecule has 0 bridgehead atoms. The van der Waals surface area contributed by atoms with E-state index < -0.39 is 0 Å². The van der Waals surface area contributed by atoms with Gasteiger partial charge in [-0.3, -0.25) is 15.0 Å². The molecular weight excluding hydrogens is 308 g/mol. The second kappa shape index (κ2) is 6.01. The third-order valence-electron chi connectivity index (χ3n) is 4.07. The lowest BCUT2D eigenvalue weighted by Gasteiger charge is -2.35. The molecule has 0 radical (unpaired) electrons. The number of benzene rings is 1. The first-order valence-electron chi connectivity index (χ1n) is 6.63. The quantitative estimate of drug-likeness (QED) is 0.626. The molecule has 0 N–H and O–H groups in total. The van der Waals surface area contributed by atoms with Crippen molar-refractivity contribution in [1.29, 1.82) is 0 Å². The van der Waals surface area contributed by atoms with Crippen LogP contribution in [-0.4, -0.2) is 22.9 Å². The van der Waals surface area contributed by atoms with Crippen LogP contribution >= 0.6 is 15.9 Å². The minimum atomic E-state index is -0.339. The van der Waals surface area contributed by atoms with Crippen molar-refractivity contribution in [3.63, 3.8) is 0 Å². The Morgan fingerprint density at radius 1 is 1.42 bits per heavy atom. The molecule has 0 aromatic heterocycles. The second-order valence-electron chi connectivity index (χ2n) is 5.49. The summed E-state index contributed by atoms with van der Waals surface area (Å²) in [6.07, 6.45) is 1.20. The summed E-state index contributed by atoms with van der Waals surface area (Å²) >= 11 is 3.37. The van der Waals surface area contributed by atoms with Gasteiger partial charge in [-0.2, -0.15) is 0 Å². The summed E-state index contributed by atoms with van der Waals surface area (Å²) in [5, 5.41) is 10.9. The SMILES string of the molecule is CC1CCN(Cc2cccc([N+](=O)[O-])c2Br)CC1C. The smallest absolute Gasteiger partial charge is 0.283 e. The van der Waals surface area contributed by atoms with E-state index in [4.69, 9.17) is 0 Å². The molecule has 1 aliphatic heterocycles. The van der Waals surface area contributed by atoms with Crippen LogP contribution < -0.4 is 0 Å². The molecule has 0 spiro atoms. The number of nitrogens with zero attached hydrogens (tertiary/aromatic N) is 2. The third kappa shape index (κ3) is 3.34. The Kier molecular flexibility index (Phi) is 4.58. The van der Waals surface area contributed by atoms with E-state index in [-0.39, 0.29) is 10.6 Å². The molecule has 2 atom stereocenters. The van der Waals surface area contributed by atoms with Crippen molar-refractivity contribution in [3.8, 4) is 0 Å². The highest BCUT2D eigenvalue weighted by Gasteiger charge is 2.24. The van der Waals surface area contributed by atoms with E-state index in [9.17, 15) is 10.1 Å². The molecule has 5 heteroatoms. The van der Waals surface area contributed by atoms with Crippen LogP contribution in [0.25, 0.3) is 0 Å². The number of piperidine rings is 1. The van der Waals surface area contributed by atoms with E-state index in [1.165, 1.54) is 12.5 Å². The van der Waals surface area contributed by atoms with Crippen LogP contribution in [0.4, 0.5) is 5.69 Å². The molecule has 4 nitrogen and oxygen atoms in total.